The van der Waals surface area contributed by atoms with Crippen molar-refractivity contribution in [1.29, 1.82) is 0 Å². The van der Waals surface area contributed by atoms with E-state index in [0.717, 1.165) is 60.2 Å². The molecule has 0 atom stereocenters. The lowest BCUT2D eigenvalue weighted by molar-refractivity contribution is 1.42. The second kappa shape index (κ2) is 6.16. The number of nitrogen functional groups attached to an aromatic ring is 2. The summed E-state index contributed by atoms with van der Waals surface area (Å²) in [4.78, 5) is 8.99. The molecular formula is C26H18N4. The van der Waals surface area contributed by atoms with Gasteiger partial charge in [0, 0.05) is 39.6 Å². The minimum atomic E-state index is 0.690. The molecule has 0 radical (unpaired) electrons. The highest BCUT2D eigenvalue weighted by Gasteiger charge is 2.10. The van der Waals surface area contributed by atoms with E-state index in [1.165, 1.54) is 0 Å². The Balaban J connectivity index is 1.58. The van der Waals surface area contributed by atoms with E-state index in [9.17, 15) is 0 Å². The first-order chi connectivity index (χ1) is 14.7. The van der Waals surface area contributed by atoms with E-state index in [0.29, 0.717) is 5.69 Å². The lowest BCUT2D eigenvalue weighted by Gasteiger charge is -2.11. The average molecular weight is 386 g/mol. The summed E-state index contributed by atoms with van der Waals surface area (Å²) in [5, 5.41) is 6.44. The molecular weight excluding hydrogens is 368 g/mol. The third-order valence-corrected chi connectivity index (χ3v) is 5.80. The summed E-state index contributed by atoms with van der Waals surface area (Å²) in [7, 11) is 0. The summed E-state index contributed by atoms with van der Waals surface area (Å²) < 4.78 is 0. The van der Waals surface area contributed by atoms with Gasteiger partial charge in [0.25, 0.3) is 0 Å². The molecule has 0 saturated carbocycles. The first kappa shape index (κ1) is 16.7. The Kier molecular flexibility index (Phi) is 3.44. The highest BCUT2D eigenvalue weighted by Crippen LogP contribution is 2.35. The van der Waals surface area contributed by atoms with Gasteiger partial charge in [-0.05, 0) is 58.3 Å². The molecule has 0 bridgehead atoms. The Bertz CT molecular complexity index is 1620. The zero-order valence-electron chi connectivity index (χ0n) is 16.1. The average Bonchev–Trinajstić information content (AvgIpc) is 2.79. The Hall–Kier alpha value is -4.18. The van der Waals surface area contributed by atoms with Crippen LogP contribution in [0.2, 0.25) is 0 Å². The van der Waals surface area contributed by atoms with Crippen LogP contribution in [0.1, 0.15) is 0 Å². The molecule has 4 N–H and O–H groups in total. The van der Waals surface area contributed by atoms with Gasteiger partial charge in [-0.15, -0.1) is 0 Å². The molecule has 0 fully saturated rings. The largest absolute Gasteiger partial charge is 0.398 e. The maximum atomic E-state index is 6.39. The third kappa shape index (κ3) is 2.40. The predicted octanol–water partition coefficient (Wildman–Crippen LogP) is 5.92. The maximum absolute atomic E-state index is 6.39. The van der Waals surface area contributed by atoms with Gasteiger partial charge in [-0.25, -0.2) is 0 Å². The first-order valence-electron chi connectivity index (χ1n) is 9.83. The van der Waals surface area contributed by atoms with Crippen molar-refractivity contribution in [3.8, 4) is 11.1 Å². The van der Waals surface area contributed by atoms with Gasteiger partial charge in [0.2, 0.25) is 0 Å². The molecule has 0 amide bonds. The molecule has 6 aromatic rings. The highest BCUT2D eigenvalue weighted by atomic mass is 14.7. The van der Waals surface area contributed by atoms with Crippen molar-refractivity contribution < 1.29 is 0 Å². The quantitative estimate of drug-likeness (QED) is 0.271. The van der Waals surface area contributed by atoms with E-state index >= 15 is 0 Å². The van der Waals surface area contributed by atoms with Gasteiger partial charge in [-0.2, -0.15) is 0 Å². The summed E-state index contributed by atoms with van der Waals surface area (Å²) in [6.45, 7) is 0. The molecule has 6 rings (SSSR count). The van der Waals surface area contributed by atoms with Gasteiger partial charge in [-0.1, -0.05) is 36.4 Å². The minimum absolute atomic E-state index is 0.690. The first-order valence-corrected chi connectivity index (χ1v) is 9.83. The van der Waals surface area contributed by atoms with Gasteiger partial charge < -0.3 is 11.5 Å². The monoisotopic (exact) mass is 386 g/mol. The molecule has 0 unspecified atom stereocenters. The molecule has 0 aliphatic rings. The predicted molar refractivity (Wildman–Crippen MR) is 126 cm³/mol. The minimum Gasteiger partial charge on any atom is -0.398 e. The number of anilines is 2. The van der Waals surface area contributed by atoms with Crippen LogP contribution < -0.4 is 11.5 Å². The lowest BCUT2D eigenvalue weighted by Crippen LogP contribution is -1.92. The molecule has 0 saturated heterocycles. The fourth-order valence-corrected chi connectivity index (χ4v) is 4.37. The van der Waals surface area contributed by atoms with Crippen LogP contribution in [0.4, 0.5) is 11.4 Å². The standard InChI is InChI=1S/C26H18N4/c27-23-13-17-3-1-9-29-25(17)21-8-6-16(12-22(21)23)15-5-7-19-18(11-15)14-24(28)26-20(19)4-2-10-30-26/h1-14H,27-28H2. The van der Waals surface area contributed by atoms with E-state index in [1.807, 2.05) is 36.5 Å². The summed E-state index contributed by atoms with van der Waals surface area (Å²) in [5.74, 6) is 0. The Labute approximate surface area is 172 Å². The normalized spacial score (nSPS) is 11.6. The number of pyridine rings is 2. The Morgan fingerprint density at radius 1 is 0.500 bits per heavy atom. The second-order valence-corrected chi connectivity index (χ2v) is 7.60. The number of aromatic nitrogens is 2. The van der Waals surface area contributed by atoms with Crippen LogP contribution >= 0.6 is 0 Å². The number of nitrogens with two attached hydrogens (primary N) is 2. The molecule has 0 aliphatic carbocycles. The molecule has 0 spiro atoms. The summed E-state index contributed by atoms with van der Waals surface area (Å²) >= 11 is 0. The highest BCUT2D eigenvalue weighted by molar-refractivity contribution is 6.13. The molecule has 4 heteroatoms. The summed E-state index contributed by atoms with van der Waals surface area (Å²) in [6, 6.07) is 24.8. The van der Waals surface area contributed by atoms with Gasteiger partial charge in [0.15, 0.2) is 0 Å². The van der Waals surface area contributed by atoms with Crippen molar-refractivity contribution in [3.63, 3.8) is 0 Å². The lowest BCUT2D eigenvalue weighted by atomic mass is 9.95. The van der Waals surface area contributed by atoms with E-state index in [2.05, 4.69) is 52.4 Å². The SMILES string of the molecule is Nc1cc2cccnc2c2ccc(-c3ccc4c(c3)cc(N)c3ncccc34)cc12. The van der Waals surface area contributed by atoms with Crippen molar-refractivity contribution in [3.05, 3.63) is 85.2 Å². The topological polar surface area (TPSA) is 77.8 Å². The third-order valence-electron chi connectivity index (χ3n) is 5.80. The van der Waals surface area contributed by atoms with Crippen molar-refractivity contribution in [1.82, 2.24) is 9.97 Å². The van der Waals surface area contributed by atoms with E-state index in [4.69, 9.17) is 11.5 Å². The number of fused-ring (bicyclic) bond motifs is 6. The van der Waals surface area contributed by atoms with Gasteiger partial charge in [0.1, 0.15) is 0 Å². The van der Waals surface area contributed by atoms with Crippen LogP contribution in [0.3, 0.4) is 0 Å². The van der Waals surface area contributed by atoms with Crippen molar-refractivity contribution in [2.75, 3.05) is 11.5 Å². The van der Waals surface area contributed by atoms with Crippen LogP contribution in [-0.4, -0.2) is 9.97 Å². The second-order valence-electron chi connectivity index (χ2n) is 7.60. The number of nitrogens with zero attached hydrogens (tertiary/aromatic N) is 2. The number of hydrogen-bond acceptors (Lipinski definition) is 4. The van der Waals surface area contributed by atoms with Crippen LogP contribution in [0.15, 0.2) is 85.2 Å². The zero-order valence-corrected chi connectivity index (χ0v) is 16.1. The zero-order chi connectivity index (χ0) is 20.2. The molecule has 142 valence electrons. The smallest absolute Gasteiger partial charge is 0.0937 e. The Morgan fingerprint density at radius 3 is 2.03 bits per heavy atom. The summed E-state index contributed by atoms with van der Waals surface area (Å²) in [5.41, 5.74) is 18.2. The molecule has 30 heavy (non-hydrogen) atoms. The van der Waals surface area contributed by atoms with E-state index in [-0.39, 0.29) is 0 Å². The number of benzene rings is 4. The van der Waals surface area contributed by atoms with Crippen molar-refractivity contribution in [2.24, 2.45) is 0 Å². The molecule has 2 aromatic heterocycles. The fraction of sp³-hybridized carbons (Fsp3) is 0. The number of hydrogen-bond donors (Lipinski definition) is 2. The van der Waals surface area contributed by atoms with Gasteiger partial charge in [-0.3, -0.25) is 9.97 Å². The van der Waals surface area contributed by atoms with Crippen LogP contribution in [0.25, 0.3) is 54.5 Å². The van der Waals surface area contributed by atoms with E-state index < -0.39 is 0 Å². The maximum Gasteiger partial charge on any atom is 0.0937 e. The van der Waals surface area contributed by atoms with Crippen LogP contribution in [0.5, 0.6) is 0 Å². The fourth-order valence-electron chi connectivity index (χ4n) is 4.37. The van der Waals surface area contributed by atoms with Crippen LogP contribution in [-0.2, 0) is 0 Å². The van der Waals surface area contributed by atoms with Crippen LogP contribution in [0, 0.1) is 0 Å². The van der Waals surface area contributed by atoms with Crippen molar-refractivity contribution in [2.45, 2.75) is 0 Å². The van der Waals surface area contributed by atoms with Gasteiger partial charge in [0.05, 0.1) is 16.7 Å². The Morgan fingerprint density at radius 2 is 1.17 bits per heavy atom. The molecule has 2 heterocycles. The van der Waals surface area contributed by atoms with E-state index in [1.54, 1.807) is 6.20 Å². The molecule has 0 aliphatic heterocycles. The van der Waals surface area contributed by atoms with Gasteiger partial charge >= 0.3 is 0 Å². The number of rotatable bonds is 1. The molecule has 4 aromatic carbocycles. The van der Waals surface area contributed by atoms with Crippen molar-refractivity contribution >= 4 is 54.7 Å². The summed E-state index contributed by atoms with van der Waals surface area (Å²) in [6.07, 6.45) is 3.59. The molecule has 4 nitrogen and oxygen atoms in total.